The largest absolute Gasteiger partial charge is 0.481 e. The van der Waals surface area contributed by atoms with E-state index in [1.165, 1.54) is 12.1 Å². The number of ketones is 1. The second-order valence-electron chi connectivity index (χ2n) is 8.58. The Morgan fingerprint density at radius 1 is 0.842 bits per heavy atom. The number of carboxylic acids is 1. The van der Waals surface area contributed by atoms with Crippen molar-refractivity contribution in [3.8, 4) is 22.3 Å². The number of aliphatic carboxylic acids is 1. The highest BCUT2D eigenvalue weighted by molar-refractivity contribution is 6.34. The summed E-state index contributed by atoms with van der Waals surface area (Å²) in [6.45, 7) is 0.459. The summed E-state index contributed by atoms with van der Waals surface area (Å²) >= 11 is 18.7. The van der Waals surface area contributed by atoms with Crippen LogP contribution in [0.15, 0.2) is 72.9 Å². The number of hydrogen-bond acceptors (Lipinski definition) is 4. The second-order valence-corrected chi connectivity index (χ2v) is 9.83. The number of carbonyl (C=O) groups is 2. The molecule has 0 aliphatic heterocycles. The molecule has 38 heavy (non-hydrogen) atoms. The van der Waals surface area contributed by atoms with Crippen LogP contribution in [-0.4, -0.2) is 21.8 Å². The maximum Gasteiger partial charge on any atom is 0.303 e. The number of aromatic nitrogens is 1. The minimum absolute atomic E-state index is 0.0288. The zero-order valence-electron chi connectivity index (χ0n) is 20.0. The fraction of sp³-hybridized carbons (Fsp3) is 0.138. The summed E-state index contributed by atoms with van der Waals surface area (Å²) in [5.74, 6) is -1.62. The lowest BCUT2D eigenvalue weighted by atomic mass is 10.00. The summed E-state index contributed by atoms with van der Waals surface area (Å²) in [4.78, 5) is 27.3. The molecule has 0 unspecified atom stereocenters. The van der Waals surface area contributed by atoms with Gasteiger partial charge in [0.05, 0.1) is 10.0 Å². The van der Waals surface area contributed by atoms with Crippen LogP contribution in [0.3, 0.4) is 0 Å². The molecule has 2 N–H and O–H groups in total. The van der Waals surface area contributed by atoms with Crippen molar-refractivity contribution in [3.05, 3.63) is 105 Å². The van der Waals surface area contributed by atoms with Gasteiger partial charge in [-0.2, -0.15) is 0 Å². The van der Waals surface area contributed by atoms with Gasteiger partial charge in [0.1, 0.15) is 11.5 Å². The van der Waals surface area contributed by atoms with Gasteiger partial charge in [-0.05, 0) is 65.6 Å². The van der Waals surface area contributed by atoms with Crippen LogP contribution in [0.1, 0.15) is 35.3 Å². The van der Waals surface area contributed by atoms with Gasteiger partial charge in [0, 0.05) is 47.4 Å². The molecule has 0 atom stereocenters. The van der Waals surface area contributed by atoms with Crippen molar-refractivity contribution >= 4 is 52.2 Å². The average molecular weight is 572 g/mol. The van der Waals surface area contributed by atoms with Crippen molar-refractivity contribution in [2.75, 3.05) is 5.32 Å². The standard InChI is InChI=1S/C29H22Cl3FN2O3/c30-20-7-4-18(23(13-20)19-6-11-27(35-16-19)28(36)2-1-3-29(37)38)15-34-21-8-9-22(24(31)14-21)17-5-10-26(33)25(32)12-17/h4-14,16,34H,1-3,15H2,(H,37,38). The molecule has 0 fully saturated rings. The zero-order valence-corrected chi connectivity index (χ0v) is 22.2. The smallest absolute Gasteiger partial charge is 0.303 e. The van der Waals surface area contributed by atoms with E-state index in [1.54, 1.807) is 36.5 Å². The third-order valence-electron chi connectivity index (χ3n) is 5.91. The fourth-order valence-corrected chi connectivity index (χ4v) is 4.58. The van der Waals surface area contributed by atoms with E-state index < -0.39 is 11.8 Å². The Hall–Kier alpha value is -3.45. The van der Waals surface area contributed by atoms with Gasteiger partial charge in [-0.15, -0.1) is 0 Å². The molecule has 194 valence electrons. The molecule has 0 amide bonds. The summed E-state index contributed by atoms with van der Waals surface area (Å²) in [7, 11) is 0. The third-order valence-corrected chi connectivity index (χ3v) is 6.75. The van der Waals surface area contributed by atoms with Crippen LogP contribution in [0.4, 0.5) is 10.1 Å². The van der Waals surface area contributed by atoms with Crippen LogP contribution in [0.5, 0.6) is 0 Å². The highest BCUT2D eigenvalue weighted by atomic mass is 35.5. The summed E-state index contributed by atoms with van der Waals surface area (Å²) < 4.78 is 13.5. The number of pyridine rings is 1. The summed E-state index contributed by atoms with van der Waals surface area (Å²) in [6, 6.07) is 18.9. The van der Waals surface area contributed by atoms with Crippen molar-refractivity contribution in [3.63, 3.8) is 0 Å². The van der Waals surface area contributed by atoms with E-state index in [-0.39, 0.29) is 35.8 Å². The lowest BCUT2D eigenvalue weighted by Gasteiger charge is -2.14. The van der Waals surface area contributed by atoms with Crippen LogP contribution in [0.2, 0.25) is 15.1 Å². The molecule has 0 spiro atoms. The Balaban J connectivity index is 1.49. The highest BCUT2D eigenvalue weighted by Gasteiger charge is 2.12. The zero-order chi connectivity index (χ0) is 27.2. The molecule has 0 saturated carbocycles. The molecule has 3 aromatic carbocycles. The van der Waals surface area contributed by atoms with Gasteiger partial charge in [-0.25, -0.2) is 4.39 Å². The Labute approximate surface area is 234 Å². The van der Waals surface area contributed by atoms with Crippen molar-refractivity contribution in [2.24, 2.45) is 0 Å². The molecule has 0 aliphatic rings. The molecular weight excluding hydrogens is 550 g/mol. The normalized spacial score (nSPS) is 10.8. The van der Waals surface area contributed by atoms with E-state index in [0.29, 0.717) is 22.2 Å². The molecule has 1 heterocycles. The molecule has 0 saturated heterocycles. The van der Waals surface area contributed by atoms with Crippen molar-refractivity contribution in [1.82, 2.24) is 4.98 Å². The van der Waals surface area contributed by atoms with Gasteiger partial charge in [-0.1, -0.05) is 59.1 Å². The third kappa shape index (κ3) is 6.90. The van der Waals surface area contributed by atoms with Crippen LogP contribution in [0.25, 0.3) is 22.3 Å². The molecular formula is C29H22Cl3FN2O3. The number of Topliss-reactive ketones (excluding diaryl/α,β-unsaturated/α-hetero) is 1. The number of carbonyl (C=O) groups excluding carboxylic acids is 1. The van der Waals surface area contributed by atoms with E-state index in [0.717, 1.165) is 27.9 Å². The molecule has 5 nitrogen and oxygen atoms in total. The van der Waals surface area contributed by atoms with Crippen LogP contribution < -0.4 is 5.32 Å². The summed E-state index contributed by atoms with van der Waals surface area (Å²) in [6.07, 6.45) is 1.95. The highest BCUT2D eigenvalue weighted by Crippen LogP contribution is 2.33. The monoisotopic (exact) mass is 570 g/mol. The van der Waals surface area contributed by atoms with E-state index in [4.69, 9.17) is 39.9 Å². The van der Waals surface area contributed by atoms with E-state index in [2.05, 4.69) is 10.3 Å². The minimum Gasteiger partial charge on any atom is -0.481 e. The first-order chi connectivity index (χ1) is 18.2. The number of hydrogen-bond donors (Lipinski definition) is 2. The predicted molar refractivity (Wildman–Crippen MR) is 150 cm³/mol. The topological polar surface area (TPSA) is 79.3 Å². The Kier molecular flexibility index (Phi) is 9.00. The first-order valence-corrected chi connectivity index (χ1v) is 12.8. The Bertz CT molecular complexity index is 1490. The molecule has 4 rings (SSSR count). The van der Waals surface area contributed by atoms with Crippen molar-refractivity contribution in [1.29, 1.82) is 0 Å². The molecule has 0 aliphatic carbocycles. The Morgan fingerprint density at radius 2 is 1.63 bits per heavy atom. The molecule has 4 aromatic rings. The number of benzene rings is 3. The average Bonchev–Trinajstić information content (AvgIpc) is 2.89. The Morgan fingerprint density at radius 3 is 2.32 bits per heavy atom. The molecule has 0 radical (unpaired) electrons. The number of halogens is 4. The lowest BCUT2D eigenvalue weighted by molar-refractivity contribution is -0.137. The van der Waals surface area contributed by atoms with E-state index in [1.807, 2.05) is 24.3 Å². The van der Waals surface area contributed by atoms with Crippen molar-refractivity contribution < 1.29 is 19.1 Å². The number of carboxylic acid groups (broad SMARTS) is 1. The van der Waals surface area contributed by atoms with Gasteiger partial charge in [0.2, 0.25) is 0 Å². The van der Waals surface area contributed by atoms with E-state index >= 15 is 0 Å². The van der Waals surface area contributed by atoms with Gasteiger partial charge in [-0.3, -0.25) is 14.6 Å². The summed E-state index contributed by atoms with van der Waals surface area (Å²) in [5.41, 5.74) is 5.10. The number of rotatable bonds is 10. The number of nitrogens with one attached hydrogen (secondary N) is 1. The van der Waals surface area contributed by atoms with Gasteiger partial charge in [0.25, 0.3) is 0 Å². The predicted octanol–water partition coefficient (Wildman–Crippen LogP) is 8.56. The quantitative estimate of drug-likeness (QED) is 0.186. The minimum atomic E-state index is -0.931. The van der Waals surface area contributed by atoms with Crippen LogP contribution in [-0.2, 0) is 11.3 Å². The van der Waals surface area contributed by atoms with Gasteiger partial charge >= 0.3 is 5.97 Å². The first kappa shape index (κ1) is 27.6. The van der Waals surface area contributed by atoms with Gasteiger partial charge in [0.15, 0.2) is 5.78 Å². The van der Waals surface area contributed by atoms with Crippen LogP contribution >= 0.6 is 34.8 Å². The van der Waals surface area contributed by atoms with Crippen molar-refractivity contribution in [2.45, 2.75) is 25.8 Å². The number of nitrogens with zero attached hydrogens (tertiary/aromatic N) is 1. The van der Waals surface area contributed by atoms with Gasteiger partial charge < -0.3 is 10.4 Å². The first-order valence-electron chi connectivity index (χ1n) is 11.7. The maximum absolute atomic E-state index is 13.5. The maximum atomic E-state index is 13.5. The number of anilines is 1. The van der Waals surface area contributed by atoms with Crippen LogP contribution in [0, 0.1) is 5.82 Å². The SMILES string of the molecule is O=C(O)CCCC(=O)c1ccc(-c2cc(Cl)ccc2CNc2ccc(-c3ccc(F)c(Cl)c3)c(Cl)c2)cn1. The fourth-order valence-electron chi connectivity index (χ4n) is 3.94. The second kappa shape index (κ2) is 12.4. The lowest BCUT2D eigenvalue weighted by Crippen LogP contribution is -2.04. The molecule has 1 aromatic heterocycles. The summed E-state index contributed by atoms with van der Waals surface area (Å²) in [5, 5.41) is 13.2. The van der Waals surface area contributed by atoms with E-state index in [9.17, 15) is 14.0 Å². The molecule has 0 bridgehead atoms. The molecule has 9 heteroatoms.